The van der Waals surface area contributed by atoms with E-state index in [1.54, 1.807) is 49.7 Å². The Labute approximate surface area is 297 Å². The third-order valence-electron chi connectivity index (χ3n) is 7.20. The molecule has 0 aliphatic carbocycles. The highest BCUT2D eigenvalue weighted by Gasteiger charge is 2.21. The van der Waals surface area contributed by atoms with Crippen molar-refractivity contribution in [3.63, 3.8) is 0 Å². The Hall–Kier alpha value is -5.35. The number of aryl methyl sites for hydroxylation is 1. The molecule has 2 heterocycles. The van der Waals surface area contributed by atoms with Gasteiger partial charge in [-0.25, -0.2) is 20.2 Å². The topological polar surface area (TPSA) is 194 Å². The molecule has 2 aromatic carbocycles. The number of aromatic nitrogens is 3. The third-order valence-corrected chi connectivity index (χ3v) is 7.20. The number of rotatable bonds is 16. The largest absolute Gasteiger partial charge is 0.466 e. The zero-order chi connectivity index (χ0) is 37.2. The zero-order valence-corrected chi connectivity index (χ0v) is 30.1. The van der Waals surface area contributed by atoms with Crippen LogP contribution in [0.3, 0.4) is 0 Å². The van der Waals surface area contributed by atoms with Crippen molar-refractivity contribution in [2.75, 3.05) is 36.2 Å². The van der Waals surface area contributed by atoms with Crippen LogP contribution < -0.4 is 15.6 Å². The molecule has 0 saturated carbocycles. The maximum atomic E-state index is 13.6. The molecular weight excluding hydrogens is 678 g/mol. The molecule has 51 heavy (non-hydrogen) atoms. The fraction of sp³-hybridized carbons (Fsp3) is 0.371. The van der Waals surface area contributed by atoms with Crippen molar-refractivity contribution in [3.05, 3.63) is 83.8 Å². The second-order valence-corrected chi connectivity index (χ2v) is 12.7. The maximum absolute atomic E-state index is 13.6. The minimum atomic E-state index is -3.67. The van der Waals surface area contributed by atoms with E-state index in [1.807, 2.05) is 41.9 Å². The lowest BCUT2D eigenvalue weighted by Crippen LogP contribution is -2.34. The number of esters is 1. The number of nitrogens with one attached hydrogen (secondary N) is 2. The lowest BCUT2D eigenvalue weighted by Gasteiger charge is -2.21. The molecule has 3 N–H and O–H groups in total. The summed E-state index contributed by atoms with van der Waals surface area (Å²) in [7, 11) is -1.76. The molecule has 0 radical (unpaired) electrons. The standard InChI is InChI=1S/C34H41N7O5.CH4O3S/c1-4-6-7-10-21-46-34(44)39-37-23-25-12-15-27(16-13-25)36-24-31-38-28-17-14-26(22-29(28)40(31)3)33(43)41(20-18-32(42)45-5-2)30-11-8-9-19-35-30;1-5(2,3)4/h8-9,11-17,19,22-23,36H,4-7,10,18,20-21,24H2,1-3H3,(H,39,44);1H3,(H,2,3,4)/b37-23-;. The number of amides is 2. The van der Waals surface area contributed by atoms with Crippen molar-refractivity contribution in [2.24, 2.45) is 12.1 Å². The number of ether oxygens (including phenoxy) is 2. The molecule has 0 saturated heterocycles. The van der Waals surface area contributed by atoms with Gasteiger partial charge in [-0.2, -0.15) is 13.5 Å². The minimum absolute atomic E-state index is 0.0541. The second kappa shape index (κ2) is 20.4. The molecule has 0 spiro atoms. The van der Waals surface area contributed by atoms with Crippen molar-refractivity contribution >= 4 is 56.8 Å². The summed E-state index contributed by atoms with van der Waals surface area (Å²) in [5, 5.41) is 7.33. The highest BCUT2D eigenvalue weighted by molar-refractivity contribution is 7.85. The number of nitrogens with zero attached hydrogens (tertiary/aromatic N) is 5. The smallest absolute Gasteiger partial charge is 0.427 e. The van der Waals surface area contributed by atoms with Crippen molar-refractivity contribution in [1.29, 1.82) is 0 Å². The van der Waals surface area contributed by atoms with Crippen LogP contribution in [-0.2, 0) is 38.0 Å². The fourth-order valence-electron chi connectivity index (χ4n) is 4.71. The molecule has 0 atom stereocenters. The van der Waals surface area contributed by atoms with E-state index >= 15 is 0 Å². The molecule has 2 aromatic heterocycles. The van der Waals surface area contributed by atoms with Gasteiger partial charge in [0.15, 0.2) is 0 Å². The number of carbonyl (C=O) groups excluding carboxylic acids is 3. The van der Waals surface area contributed by atoms with E-state index in [0.717, 1.165) is 53.8 Å². The Bertz CT molecular complexity index is 1860. The lowest BCUT2D eigenvalue weighted by molar-refractivity contribution is -0.142. The highest BCUT2D eigenvalue weighted by Crippen LogP contribution is 2.21. The van der Waals surface area contributed by atoms with E-state index in [0.29, 0.717) is 30.8 Å². The van der Waals surface area contributed by atoms with Crippen LogP contribution in [-0.4, -0.2) is 77.7 Å². The molecule has 4 aromatic rings. The van der Waals surface area contributed by atoms with E-state index in [2.05, 4.69) is 27.8 Å². The van der Waals surface area contributed by atoms with Crippen molar-refractivity contribution in [2.45, 2.75) is 52.5 Å². The monoisotopic (exact) mass is 723 g/mol. The number of unbranched alkanes of at least 4 members (excludes halogenated alkanes) is 3. The number of anilines is 2. The molecule has 0 fully saturated rings. The van der Waals surface area contributed by atoms with Gasteiger partial charge in [0.05, 0.1) is 49.7 Å². The van der Waals surface area contributed by atoms with Crippen LogP contribution in [0.2, 0.25) is 0 Å². The van der Waals surface area contributed by atoms with Gasteiger partial charge in [-0.3, -0.25) is 19.0 Å². The molecule has 0 aliphatic rings. The first-order valence-corrected chi connectivity index (χ1v) is 18.3. The van der Waals surface area contributed by atoms with Gasteiger partial charge in [-0.1, -0.05) is 44.4 Å². The number of hydrazone groups is 1. The summed E-state index contributed by atoms with van der Waals surface area (Å²) >= 11 is 0. The van der Waals surface area contributed by atoms with Crippen LogP contribution in [0, 0.1) is 0 Å². The maximum Gasteiger partial charge on any atom is 0.427 e. The van der Waals surface area contributed by atoms with Gasteiger partial charge >= 0.3 is 12.1 Å². The third kappa shape index (κ3) is 14.2. The fourth-order valence-corrected chi connectivity index (χ4v) is 4.71. The number of benzene rings is 2. The van der Waals surface area contributed by atoms with E-state index in [1.165, 1.54) is 4.90 Å². The lowest BCUT2D eigenvalue weighted by atomic mass is 10.1. The van der Waals surface area contributed by atoms with Gasteiger partial charge in [0.1, 0.15) is 11.6 Å². The Morgan fingerprint density at radius 3 is 2.43 bits per heavy atom. The molecule has 16 heteroatoms. The summed E-state index contributed by atoms with van der Waals surface area (Å²) in [4.78, 5) is 48.0. The van der Waals surface area contributed by atoms with Gasteiger partial charge in [-0.15, -0.1) is 0 Å². The van der Waals surface area contributed by atoms with Gasteiger partial charge in [0.2, 0.25) is 0 Å². The minimum Gasteiger partial charge on any atom is -0.466 e. The summed E-state index contributed by atoms with van der Waals surface area (Å²) in [5.41, 5.74) is 6.08. The predicted molar refractivity (Wildman–Crippen MR) is 195 cm³/mol. The van der Waals surface area contributed by atoms with E-state index in [-0.39, 0.29) is 31.4 Å². The number of imidazole rings is 1. The molecule has 15 nitrogen and oxygen atoms in total. The van der Waals surface area contributed by atoms with Crippen molar-refractivity contribution < 1.29 is 36.8 Å². The summed E-state index contributed by atoms with van der Waals surface area (Å²) in [6.45, 7) is 5.13. The van der Waals surface area contributed by atoms with Gasteiger partial charge in [-0.05, 0) is 61.4 Å². The first kappa shape index (κ1) is 40.1. The van der Waals surface area contributed by atoms with Gasteiger partial charge in [0.25, 0.3) is 16.0 Å². The Kier molecular flexibility index (Phi) is 16.0. The number of hydrogen-bond donors (Lipinski definition) is 3. The van der Waals surface area contributed by atoms with E-state index in [9.17, 15) is 22.8 Å². The second-order valence-electron chi connectivity index (χ2n) is 11.3. The van der Waals surface area contributed by atoms with Crippen LogP contribution in [0.15, 0.2) is 72.0 Å². The van der Waals surface area contributed by atoms with Gasteiger partial charge < -0.3 is 19.4 Å². The van der Waals surface area contributed by atoms with E-state index in [4.69, 9.17) is 19.0 Å². The molecule has 0 bridgehead atoms. The molecule has 4 rings (SSSR count). The molecular formula is C35H45N7O8S. The Morgan fingerprint density at radius 2 is 1.76 bits per heavy atom. The van der Waals surface area contributed by atoms with Crippen molar-refractivity contribution in [3.8, 4) is 0 Å². The SMILES string of the molecule is CCCCCCOC(=O)N/N=C\c1ccc(NCc2nc3ccc(C(=O)N(CCC(=O)OCC)c4ccccn4)cc3n2C)cc1.CS(=O)(=O)O. The summed E-state index contributed by atoms with van der Waals surface area (Å²) in [5.74, 6) is 0.590. The first-order chi connectivity index (χ1) is 24.4. The van der Waals surface area contributed by atoms with Crippen LogP contribution in [0.1, 0.15) is 67.7 Å². The summed E-state index contributed by atoms with van der Waals surface area (Å²) in [6, 6.07) is 18.2. The number of pyridine rings is 1. The van der Waals surface area contributed by atoms with Crippen LogP contribution in [0.25, 0.3) is 11.0 Å². The zero-order valence-electron chi connectivity index (χ0n) is 29.2. The molecule has 0 unspecified atom stereocenters. The summed E-state index contributed by atoms with van der Waals surface area (Å²) in [6.07, 6.45) is 7.51. The highest BCUT2D eigenvalue weighted by atomic mass is 32.2. The summed E-state index contributed by atoms with van der Waals surface area (Å²) < 4.78 is 38.0. The van der Waals surface area contributed by atoms with Crippen LogP contribution in [0.5, 0.6) is 0 Å². The van der Waals surface area contributed by atoms with Crippen molar-refractivity contribution in [1.82, 2.24) is 20.0 Å². The molecule has 2 amide bonds. The van der Waals surface area contributed by atoms with Crippen LogP contribution >= 0.6 is 0 Å². The number of carbonyl (C=O) groups is 3. The average Bonchev–Trinajstić information content (AvgIpc) is 3.42. The van der Waals surface area contributed by atoms with E-state index < -0.39 is 16.2 Å². The Balaban J connectivity index is 0.00000131. The first-order valence-electron chi connectivity index (χ1n) is 16.5. The number of fused-ring (bicyclic) bond motifs is 1. The van der Waals surface area contributed by atoms with Gasteiger partial charge in [0, 0.05) is 31.0 Å². The predicted octanol–water partition coefficient (Wildman–Crippen LogP) is 5.32. The quantitative estimate of drug-likeness (QED) is 0.0445. The molecule has 0 aliphatic heterocycles. The molecule has 274 valence electrons. The van der Waals surface area contributed by atoms with Crippen LogP contribution in [0.4, 0.5) is 16.3 Å². The Morgan fingerprint density at radius 1 is 1.02 bits per heavy atom. The number of hydrogen-bond acceptors (Lipinski definition) is 11. The average molecular weight is 724 g/mol. The normalized spacial score (nSPS) is 11.1.